The third-order valence-corrected chi connectivity index (χ3v) is 4.30. The molecule has 98 valence electrons. The van der Waals surface area contributed by atoms with Crippen molar-refractivity contribution in [2.45, 2.75) is 0 Å². The molecule has 21 heavy (non-hydrogen) atoms. The van der Waals surface area contributed by atoms with Crippen LogP contribution in [0.15, 0.2) is 65.1 Å². The Bertz CT molecular complexity index is 787. The van der Waals surface area contributed by atoms with Gasteiger partial charge >= 0.3 is 0 Å². The highest BCUT2D eigenvalue weighted by Crippen LogP contribution is 2.44. The third-order valence-electron chi connectivity index (χ3n) is 3.80. The van der Waals surface area contributed by atoms with Crippen molar-refractivity contribution >= 4 is 40.6 Å². The van der Waals surface area contributed by atoms with E-state index in [0.717, 1.165) is 26.9 Å². The predicted molar refractivity (Wildman–Crippen MR) is 93.7 cm³/mol. The van der Waals surface area contributed by atoms with E-state index >= 15 is 0 Å². The van der Waals surface area contributed by atoms with Gasteiger partial charge in [-0.05, 0) is 35.4 Å². The summed E-state index contributed by atoms with van der Waals surface area (Å²) in [5.41, 5.74) is 7.70. The van der Waals surface area contributed by atoms with E-state index in [0.29, 0.717) is 0 Å². The SMILES string of the molecule is [B]c1ccc2c(c1)-c1ccccc1-c1cc(Br)ccc1N2. The number of benzene rings is 3. The lowest BCUT2D eigenvalue weighted by Crippen LogP contribution is -2.03. The average Bonchev–Trinajstić information content (AvgIpc) is 2.63. The quantitative estimate of drug-likeness (QED) is 0.463. The molecule has 3 aromatic carbocycles. The summed E-state index contributed by atoms with van der Waals surface area (Å²) in [6.45, 7) is 0. The highest BCUT2D eigenvalue weighted by molar-refractivity contribution is 9.10. The number of hydrogen-bond donors (Lipinski definition) is 1. The van der Waals surface area contributed by atoms with Crippen LogP contribution in [0.1, 0.15) is 0 Å². The highest BCUT2D eigenvalue weighted by atomic mass is 79.9. The zero-order valence-electron chi connectivity index (χ0n) is 11.2. The van der Waals surface area contributed by atoms with Crippen molar-refractivity contribution in [3.05, 3.63) is 65.1 Å². The Balaban J connectivity index is 2.11. The minimum atomic E-state index is 0.775. The molecule has 1 heterocycles. The first-order chi connectivity index (χ1) is 10.2. The lowest BCUT2D eigenvalue weighted by molar-refractivity contribution is 1.56. The molecular formula is C18H11BBrN. The Morgan fingerprint density at radius 1 is 0.714 bits per heavy atom. The number of rotatable bonds is 0. The molecule has 1 N–H and O–H groups in total. The van der Waals surface area contributed by atoms with E-state index in [-0.39, 0.29) is 0 Å². The van der Waals surface area contributed by atoms with Crippen molar-refractivity contribution in [2.24, 2.45) is 0 Å². The molecular weight excluding hydrogens is 321 g/mol. The first kappa shape index (κ1) is 12.7. The fraction of sp³-hybridized carbons (Fsp3) is 0. The molecule has 4 rings (SSSR count). The van der Waals surface area contributed by atoms with Gasteiger partial charge in [-0.15, -0.1) is 0 Å². The Morgan fingerprint density at radius 3 is 2.05 bits per heavy atom. The van der Waals surface area contributed by atoms with Crippen LogP contribution in [0.3, 0.4) is 0 Å². The van der Waals surface area contributed by atoms with Crippen molar-refractivity contribution < 1.29 is 0 Å². The summed E-state index contributed by atoms with van der Waals surface area (Å²) in [6, 6.07) is 20.7. The summed E-state index contributed by atoms with van der Waals surface area (Å²) in [6.07, 6.45) is 0. The number of halogens is 1. The summed E-state index contributed by atoms with van der Waals surface area (Å²) in [7, 11) is 5.98. The number of fused-ring (bicyclic) bond motifs is 5. The zero-order chi connectivity index (χ0) is 14.4. The van der Waals surface area contributed by atoms with E-state index in [2.05, 4.69) is 63.7 Å². The molecule has 0 bridgehead atoms. The van der Waals surface area contributed by atoms with E-state index in [1.54, 1.807) is 0 Å². The molecule has 1 nitrogen and oxygen atoms in total. The van der Waals surface area contributed by atoms with E-state index < -0.39 is 0 Å². The summed E-state index contributed by atoms with van der Waals surface area (Å²) >= 11 is 3.57. The van der Waals surface area contributed by atoms with Gasteiger partial charge in [0, 0.05) is 27.0 Å². The lowest BCUT2D eigenvalue weighted by atomic mass is 9.89. The second-order valence-corrected chi connectivity index (χ2v) is 6.08. The molecule has 0 saturated carbocycles. The zero-order valence-corrected chi connectivity index (χ0v) is 12.8. The van der Waals surface area contributed by atoms with Crippen molar-refractivity contribution in [3.8, 4) is 22.3 Å². The Hall–Kier alpha value is -2.00. The van der Waals surface area contributed by atoms with Crippen LogP contribution < -0.4 is 10.8 Å². The summed E-state index contributed by atoms with van der Waals surface area (Å²) in [4.78, 5) is 0. The van der Waals surface area contributed by atoms with Crippen LogP contribution >= 0.6 is 15.9 Å². The maximum Gasteiger partial charge on any atom is 0.113 e. The molecule has 0 unspecified atom stereocenters. The third kappa shape index (κ3) is 2.09. The standard InChI is InChI=1S/C18H11BBrN/c19-11-5-7-17-15(9-11)13-3-1-2-4-14(13)16-10-12(20)6-8-18(16)21-17/h1-10,21H. The number of anilines is 2. The predicted octanol–water partition coefficient (Wildman–Crippen LogP) is 4.63. The van der Waals surface area contributed by atoms with Crippen LogP contribution in [0.4, 0.5) is 11.4 Å². The number of nitrogens with one attached hydrogen (secondary N) is 1. The first-order valence-corrected chi connectivity index (χ1v) is 7.57. The van der Waals surface area contributed by atoms with Gasteiger partial charge in [0.25, 0.3) is 0 Å². The smallest absolute Gasteiger partial charge is 0.113 e. The van der Waals surface area contributed by atoms with Gasteiger partial charge in [-0.2, -0.15) is 0 Å². The maximum atomic E-state index is 5.98. The molecule has 3 aromatic rings. The van der Waals surface area contributed by atoms with Crippen molar-refractivity contribution in [1.29, 1.82) is 0 Å². The minimum Gasteiger partial charge on any atom is -0.355 e. The van der Waals surface area contributed by atoms with Gasteiger partial charge in [0.1, 0.15) is 7.85 Å². The monoisotopic (exact) mass is 331 g/mol. The van der Waals surface area contributed by atoms with Gasteiger partial charge in [0.15, 0.2) is 0 Å². The van der Waals surface area contributed by atoms with Crippen molar-refractivity contribution in [2.75, 3.05) is 5.32 Å². The second-order valence-electron chi connectivity index (χ2n) is 5.17. The molecule has 0 aromatic heterocycles. The molecule has 0 fully saturated rings. The minimum absolute atomic E-state index is 0.775. The second kappa shape index (κ2) is 4.78. The molecule has 0 aliphatic carbocycles. The molecule has 1 aliphatic rings. The normalized spacial score (nSPS) is 11.7. The van der Waals surface area contributed by atoms with Gasteiger partial charge in [0.2, 0.25) is 0 Å². The summed E-state index contributed by atoms with van der Waals surface area (Å²) < 4.78 is 1.07. The van der Waals surface area contributed by atoms with Crippen LogP contribution in [0.25, 0.3) is 22.3 Å². The summed E-state index contributed by atoms with van der Waals surface area (Å²) in [5.74, 6) is 0. The van der Waals surface area contributed by atoms with E-state index in [4.69, 9.17) is 7.85 Å². The van der Waals surface area contributed by atoms with Crippen LogP contribution in [0, 0.1) is 0 Å². The Labute approximate surface area is 133 Å². The fourth-order valence-electron chi connectivity index (χ4n) is 2.84. The average molecular weight is 332 g/mol. The fourth-order valence-corrected chi connectivity index (χ4v) is 3.20. The van der Waals surface area contributed by atoms with Gasteiger partial charge in [-0.1, -0.05) is 57.8 Å². The summed E-state index contributed by atoms with van der Waals surface area (Å²) in [5, 5.41) is 3.53. The Morgan fingerprint density at radius 2 is 1.33 bits per heavy atom. The molecule has 3 heteroatoms. The van der Waals surface area contributed by atoms with Crippen molar-refractivity contribution in [3.63, 3.8) is 0 Å². The molecule has 2 radical (unpaired) electrons. The van der Waals surface area contributed by atoms with E-state index in [1.165, 1.54) is 16.7 Å². The highest BCUT2D eigenvalue weighted by Gasteiger charge is 2.18. The van der Waals surface area contributed by atoms with Crippen LogP contribution in [0.2, 0.25) is 0 Å². The number of hydrogen-bond acceptors (Lipinski definition) is 1. The van der Waals surface area contributed by atoms with Gasteiger partial charge in [-0.3, -0.25) is 0 Å². The largest absolute Gasteiger partial charge is 0.355 e. The molecule has 0 spiro atoms. The van der Waals surface area contributed by atoms with E-state index in [1.807, 2.05) is 18.2 Å². The van der Waals surface area contributed by atoms with Gasteiger partial charge in [0.05, 0.1) is 0 Å². The molecule has 1 aliphatic heterocycles. The van der Waals surface area contributed by atoms with Gasteiger partial charge < -0.3 is 5.32 Å². The van der Waals surface area contributed by atoms with Crippen LogP contribution in [-0.4, -0.2) is 7.85 Å². The maximum absolute atomic E-state index is 5.98. The van der Waals surface area contributed by atoms with Crippen LogP contribution in [-0.2, 0) is 0 Å². The lowest BCUT2D eigenvalue weighted by Gasteiger charge is -2.10. The molecule has 0 saturated heterocycles. The van der Waals surface area contributed by atoms with Crippen molar-refractivity contribution in [1.82, 2.24) is 0 Å². The first-order valence-electron chi connectivity index (χ1n) is 6.78. The molecule has 0 atom stereocenters. The van der Waals surface area contributed by atoms with Crippen LogP contribution in [0.5, 0.6) is 0 Å². The topological polar surface area (TPSA) is 12.0 Å². The van der Waals surface area contributed by atoms with Gasteiger partial charge in [-0.25, -0.2) is 0 Å². The molecule has 0 amide bonds. The van der Waals surface area contributed by atoms with E-state index in [9.17, 15) is 0 Å². The Kier molecular flexibility index (Phi) is 2.90.